The van der Waals surface area contributed by atoms with E-state index in [0.717, 1.165) is 60.6 Å². The largest absolute Gasteiger partial charge is 0.494 e. The van der Waals surface area contributed by atoms with E-state index in [2.05, 4.69) is 84.4 Å². The molecule has 13 nitrogen and oxygen atoms in total. The lowest BCUT2D eigenvalue weighted by atomic mass is 9.99. The van der Waals surface area contributed by atoms with Crippen molar-refractivity contribution in [3.63, 3.8) is 0 Å². The van der Waals surface area contributed by atoms with E-state index in [4.69, 9.17) is 9.57 Å². The van der Waals surface area contributed by atoms with Crippen LogP contribution in [0.2, 0.25) is 0 Å². The fourth-order valence-corrected chi connectivity index (χ4v) is 6.01. The summed E-state index contributed by atoms with van der Waals surface area (Å²) in [5.74, 6) is 1.49. The fourth-order valence-electron chi connectivity index (χ4n) is 6.01. The number of ether oxygens (including phenoxy) is 1. The van der Waals surface area contributed by atoms with Crippen LogP contribution in [-0.4, -0.2) is 82.3 Å². The number of benzene rings is 2. The van der Waals surface area contributed by atoms with Gasteiger partial charge < -0.3 is 25.2 Å². The van der Waals surface area contributed by atoms with Crippen molar-refractivity contribution in [1.82, 2.24) is 29.5 Å². The van der Waals surface area contributed by atoms with E-state index in [-0.39, 0.29) is 11.9 Å². The summed E-state index contributed by atoms with van der Waals surface area (Å²) in [6.07, 6.45) is 7.09. The Kier molecular flexibility index (Phi) is 8.38. The topological polar surface area (TPSA) is 125 Å². The van der Waals surface area contributed by atoms with Crippen molar-refractivity contribution in [2.24, 2.45) is 0 Å². The lowest BCUT2D eigenvalue weighted by molar-refractivity contribution is -0.111. The summed E-state index contributed by atoms with van der Waals surface area (Å²) in [7, 11) is 3.73. The van der Waals surface area contributed by atoms with E-state index >= 15 is 0 Å². The maximum Gasteiger partial charge on any atom is 0.247 e. The lowest BCUT2D eigenvalue weighted by Gasteiger charge is -2.35. The third-order valence-electron chi connectivity index (χ3n) is 8.53. The molecule has 0 spiro atoms. The van der Waals surface area contributed by atoms with Crippen LogP contribution in [0.5, 0.6) is 5.75 Å². The van der Waals surface area contributed by atoms with Gasteiger partial charge >= 0.3 is 0 Å². The third-order valence-corrected chi connectivity index (χ3v) is 8.53. The first kappa shape index (κ1) is 30.1. The van der Waals surface area contributed by atoms with E-state index in [1.165, 1.54) is 12.4 Å². The summed E-state index contributed by atoms with van der Waals surface area (Å²) in [6, 6.07) is 18.0. The first-order valence-corrected chi connectivity index (χ1v) is 15.5. The number of rotatable bonds is 9. The van der Waals surface area contributed by atoms with Crippen molar-refractivity contribution in [2.45, 2.75) is 12.5 Å². The van der Waals surface area contributed by atoms with Crippen molar-refractivity contribution in [1.29, 1.82) is 0 Å². The Morgan fingerprint density at radius 1 is 1.00 bits per heavy atom. The average molecular weight is 633 g/mol. The number of carbonyl (C=O) groups is 1. The van der Waals surface area contributed by atoms with E-state index in [1.807, 2.05) is 35.5 Å². The van der Waals surface area contributed by atoms with Crippen LogP contribution >= 0.6 is 0 Å². The molecule has 3 aromatic heterocycles. The second kappa shape index (κ2) is 13.1. The Labute approximate surface area is 272 Å². The van der Waals surface area contributed by atoms with Crippen LogP contribution in [0.3, 0.4) is 0 Å². The first-order valence-electron chi connectivity index (χ1n) is 15.5. The zero-order valence-corrected chi connectivity index (χ0v) is 26.3. The molecular weight excluding hydrogens is 596 g/mol. The van der Waals surface area contributed by atoms with Gasteiger partial charge in [0.15, 0.2) is 11.5 Å². The predicted molar refractivity (Wildman–Crippen MR) is 181 cm³/mol. The molecule has 2 N–H and O–H groups in total. The van der Waals surface area contributed by atoms with Crippen LogP contribution in [0.4, 0.5) is 28.7 Å². The number of carbonyl (C=O) groups excluding carboxylic acids is 1. The van der Waals surface area contributed by atoms with Crippen molar-refractivity contribution in [2.75, 3.05) is 67.5 Å². The zero-order chi connectivity index (χ0) is 32.3. The number of hydrogen-bond acceptors (Lipinski definition) is 11. The molecule has 5 heterocycles. The third kappa shape index (κ3) is 6.30. The smallest absolute Gasteiger partial charge is 0.247 e. The van der Waals surface area contributed by atoms with Gasteiger partial charge in [-0.3, -0.25) is 9.63 Å². The molecule has 0 saturated carbocycles. The number of aromatic nitrogens is 5. The number of amides is 1. The molecule has 5 aromatic rings. The minimum Gasteiger partial charge on any atom is -0.494 e. The Hall–Kier alpha value is -5.53. The summed E-state index contributed by atoms with van der Waals surface area (Å²) in [5.41, 5.74) is 6.21. The Bertz CT molecular complexity index is 1920. The van der Waals surface area contributed by atoms with Crippen LogP contribution in [0.25, 0.3) is 16.8 Å². The molecule has 2 aliphatic heterocycles. The highest BCUT2D eigenvalue weighted by molar-refractivity contribution is 6.02. The lowest BCUT2D eigenvalue weighted by Crippen LogP contribution is -2.44. The standard InChI is InChI=1S/C34H36N10O3/c1-4-34(45)40-26-17-27(30(46-3)18-29(26)42-13-11-41(2)12-14-42)39-31-19-33(36-21-35-31)44-28(10-15-47-44)24-7-5-6-23(16-24)25-8-9-32-37-22-38-43(32)20-25/h4-9,16-22,28H,1,10-15H2,2-3H3,(H,40,45)(H,35,36,39). The normalized spacial score (nSPS) is 16.8. The minimum absolute atomic E-state index is 0.0501. The second-order valence-corrected chi connectivity index (χ2v) is 11.5. The van der Waals surface area contributed by atoms with E-state index in [0.29, 0.717) is 35.4 Å². The van der Waals surface area contributed by atoms with Crippen LogP contribution in [0.1, 0.15) is 18.0 Å². The minimum atomic E-state index is -0.291. The molecule has 7 rings (SSSR count). The molecule has 0 bridgehead atoms. The molecule has 0 aliphatic carbocycles. The van der Waals surface area contributed by atoms with Gasteiger partial charge in [0.2, 0.25) is 5.91 Å². The number of anilines is 5. The number of pyridine rings is 1. The van der Waals surface area contributed by atoms with E-state index in [1.54, 1.807) is 18.0 Å². The van der Waals surface area contributed by atoms with Gasteiger partial charge in [0, 0.05) is 56.5 Å². The number of piperazine rings is 1. The summed E-state index contributed by atoms with van der Waals surface area (Å²) >= 11 is 0. The Morgan fingerprint density at radius 3 is 2.70 bits per heavy atom. The number of methoxy groups -OCH3 is 1. The SMILES string of the molecule is C=CC(=O)Nc1cc(Nc2cc(N3OCCC3c3cccc(-c4ccc5ncnn5c4)c3)ncn2)c(OC)cc1N1CCN(C)CC1. The fraction of sp³-hybridized carbons (Fsp3) is 0.265. The van der Waals surface area contributed by atoms with Gasteiger partial charge in [-0.1, -0.05) is 24.8 Å². The number of fused-ring (bicyclic) bond motifs is 1. The van der Waals surface area contributed by atoms with Crippen molar-refractivity contribution >= 4 is 40.3 Å². The molecular formula is C34H36N10O3. The highest BCUT2D eigenvalue weighted by Gasteiger charge is 2.30. The first-order chi connectivity index (χ1) is 23.0. The van der Waals surface area contributed by atoms with E-state index in [9.17, 15) is 4.79 Å². The van der Waals surface area contributed by atoms with Gasteiger partial charge in [-0.25, -0.2) is 24.5 Å². The average Bonchev–Trinajstić information content (AvgIpc) is 3.79. The highest BCUT2D eigenvalue weighted by Crippen LogP contribution is 2.40. The Morgan fingerprint density at radius 2 is 1.87 bits per heavy atom. The summed E-state index contributed by atoms with van der Waals surface area (Å²) < 4.78 is 7.58. The summed E-state index contributed by atoms with van der Waals surface area (Å²) in [5, 5.41) is 12.5. The molecule has 13 heteroatoms. The number of nitrogens with one attached hydrogen (secondary N) is 2. The Balaban J connectivity index is 1.15. The van der Waals surface area contributed by atoms with Gasteiger partial charge in [0.1, 0.15) is 24.2 Å². The molecule has 1 amide bonds. The van der Waals surface area contributed by atoms with Crippen molar-refractivity contribution in [3.8, 4) is 16.9 Å². The number of hydroxylamine groups is 1. The van der Waals surface area contributed by atoms with Crippen LogP contribution in [0.15, 0.2) is 86.1 Å². The van der Waals surface area contributed by atoms with Gasteiger partial charge in [0.05, 0.1) is 36.8 Å². The van der Waals surface area contributed by atoms with E-state index < -0.39 is 0 Å². The molecule has 2 saturated heterocycles. The molecule has 0 radical (unpaired) electrons. The molecule has 2 fully saturated rings. The number of nitrogens with zero attached hydrogens (tertiary/aromatic N) is 8. The maximum absolute atomic E-state index is 12.4. The van der Waals surface area contributed by atoms with Gasteiger partial charge in [-0.15, -0.1) is 0 Å². The molecule has 240 valence electrons. The molecule has 1 unspecified atom stereocenters. The second-order valence-electron chi connectivity index (χ2n) is 11.5. The molecule has 2 aliphatic rings. The zero-order valence-electron chi connectivity index (χ0n) is 26.3. The molecule has 47 heavy (non-hydrogen) atoms. The van der Waals surface area contributed by atoms with Crippen LogP contribution in [0, 0.1) is 0 Å². The molecule has 1 atom stereocenters. The van der Waals surface area contributed by atoms with Gasteiger partial charge in [-0.05, 0) is 48.5 Å². The number of hydrogen-bond donors (Lipinski definition) is 2. The monoisotopic (exact) mass is 632 g/mol. The number of likely N-dealkylation sites (N-methyl/N-ethyl adjacent to an activating group) is 1. The summed E-state index contributed by atoms with van der Waals surface area (Å²) in [6.45, 7) is 7.68. The van der Waals surface area contributed by atoms with Gasteiger partial charge in [0.25, 0.3) is 0 Å². The highest BCUT2D eigenvalue weighted by atomic mass is 16.7. The maximum atomic E-state index is 12.4. The van der Waals surface area contributed by atoms with Crippen LogP contribution in [-0.2, 0) is 9.63 Å². The molecule has 2 aromatic carbocycles. The van der Waals surface area contributed by atoms with Crippen molar-refractivity contribution < 1.29 is 14.4 Å². The predicted octanol–water partition coefficient (Wildman–Crippen LogP) is 4.70. The quantitative estimate of drug-likeness (QED) is 0.220. The van der Waals surface area contributed by atoms with Gasteiger partial charge in [-0.2, -0.15) is 5.10 Å². The van der Waals surface area contributed by atoms with Crippen LogP contribution < -0.4 is 25.3 Å². The summed E-state index contributed by atoms with van der Waals surface area (Å²) in [4.78, 5) is 36.4. The van der Waals surface area contributed by atoms with Crippen molar-refractivity contribution in [3.05, 3.63) is 91.7 Å².